The number of rotatable bonds is 2. The SMILES string of the molecule is Oc1ccccc1O.[B]OCC=C. The van der Waals surface area contributed by atoms with Crippen molar-refractivity contribution >= 4 is 8.05 Å². The molecule has 1 rings (SSSR count). The molecule has 0 aliphatic heterocycles. The average molecular weight is 178 g/mol. The highest BCUT2D eigenvalue weighted by molar-refractivity contribution is 5.98. The van der Waals surface area contributed by atoms with Gasteiger partial charge in [0, 0.05) is 6.61 Å². The van der Waals surface area contributed by atoms with Crippen molar-refractivity contribution in [3.8, 4) is 11.5 Å². The monoisotopic (exact) mass is 178 g/mol. The maximum atomic E-state index is 8.67. The van der Waals surface area contributed by atoms with E-state index in [-0.39, 0.29) is 11.5 Å². The van der Waals surface area contributed by atoms with Gasteiger partial charge in [-0.2, -0.15) is 0 Å². The van der Waals surface area contributed by atoms with E-state index in [0.717, 1.165) is 0 Å². The summed E-state index contributed by atoms with van der Waals surface area (Å²) < 4.78 is 4.07. The molecule has 0 aliphatic rings. The van der Waals surface area contributed by atoms with Gasteiger partial charge < -0.3 is 14.9 Å². The van der Waals surface area contributed by atoms with Crippen molar-refractivity contribution in [2.24, 2.45) is 0 Å². The summed E-state index contributed by atoms with van der Waals surface area (Å²) in [6.45, 7) is 3.78. The molecule has 13 heavy (non-hydrogen) atoms. The zero-order valence-electron chi connectivity index (χ0n) is 7.18. The molecular formula is C9H11BO3. The number of phenols is 2. The third-order valence-electron chi connectivity index (χ3n) is 1.10. The summed E-state index contributed by atoms with van der Waals surface area (Å²) in [5.41, 5.74) is 0. The van der Waals surface area contributed by atoms with E-state index in [1.165, 1.54) is 12.1 Å². The Morgan fingerprint density at radius 1 is 1.31 bits per heavy atom. The smallest absolute Gasteiger partial charge is 0.283 e. The lowest BCUT2D eigenvalue weighted by atomic mass is 10.3. The van der Waals surface area contributed by atoms with Gasteiger partial charge in [-0.15, -0.1) is 6.58 Å². The molecule has 3 nitrogen and oxygen atoms in total. The molecular weight excluding hydrogens is 167 g/mol. The van der Waals surface area contributed by atoms with Crippen LogP contribution in [0.5, 0.6) is 11.5 Å². The molecule has 0 fully saturated rings. The van der Waals surface area contributed by atoms with Gasteiger partial charge in [0.05, 0.1) is 0 Å². The number of hydrogen-bond donors (Lipinski definition) is 2. The molecule has 0 amide bonds. The normalized spacial score (nSPS) is 8.31. The second kappa shape index (κ2) is 7.25. The number of aromatic hydroxyl groups is 2. The molecule has 68 valence electrons. The summed E-state index contributed by atoms with van der Waals surface area (Å²) in [6.07, 6.45) is 1.58. The van der Waals surface area contributed by atoms with E-state index < -0.39 is 0 Å². The second-order valence-electron chi connectivity index (χ2n) is 2.11. The summed E-state index contributed by atoms with van der Waals surface area (Å²) in [5.74, 6) is -0.153. The average Bonchev–Trinajstić information content (AvgIpc) is 2.13. The minimum absolute atomic E-state index is 0.0764. The molecule has 0 aromatic heterocycles. The van der Waals surface area contributed by atoms with Gasteiger partial charge in [0.25, 0.3) is 8.05 Å². The Morgan fingerprint density at radius 2 is 1.77 bits per heavy atom. The summed E-state index contributed by atoms with van der Waals surface area (Å²) in [6, 6.07) is 6.15. The topological polar surface area (TPSA) is 49.7 Å². The maximum absolute atomic E-state index is 8.67. The molecule has 0 atom stereocenters. The molecule has 0 unspecified atom stereocenters. The van der Waals surface area contributed by atoms with Gasteiger partial charge in [0.15, 0.2) is 11.5 Å². The highest BCUT2D eigenvalue weighted by atomic mass is 16.4. The fourth-order valence-corrected chi connectivity index (χ4v) is 0.532. The van der Waals surface area contributed by atoms with Gasteiger partial charge in [0.1, 0.15) is 0 Å². The van der Waals surface area contributed by atoms with Crippen LogP contribution in [0.1, 0.15) is 0 Å². The van der Waals surface area contributed by atoms with Gasteiger partial charge >= 0.3 is 0 Å². The van der Waals surface area contributed by atoms with E-state index in [1.54, 1.807) is 18.2 Å². The molecule has 4 heteroatoms. The Hall–Kier alpha value is -1.42. The first kappa shape index (κ1) is 11.6. The molecule has 1 aromatic carbocycles. The van der Waals surface area contributed by atoms with Crippen LogP contribution in [0.3, 0.4) is 0 Å². The minimum atomic E-state index is -0.0764. The van der Waals surface area contributed by atoms with Crippen LogP contribution in [0.2, 0.25) is 0 Å². The zero-order chi connectivity index (χ0) is 10.1. The first-order valence-electron chi connectivity index (χ1n) is 3.62. The van der Waals surface area contributed by atoms with Crippen molar-refractivity contribution < 1.29 is 14.9 Å². The lowest BCUT2D eigenvalue weighted by Gasteiger charge is -1.91. The molecule has 0 spiro atoms. The van der Waals surface area contributed by atoms with Gasteiger partial charge in [0.2, 0.25) is 0 Å². The molecule has 0 saturated carbocycles. The fraction of sp³-hybridized carbons (Fsp3) is 0.111. The largest absolute Gasteiger partial charge is 0.504 e. The van der Waals surface area contributed by atoms with E-state index in [1.807, 2.05) is 0 Å². The third-order valence-corrected chi connectivity index (χ3v) is 1.10. The molecule has 0 bridgehead atoms. The van der Waals surface area contributed by atoms with E-state index >= 15 is 0 Å². The van der Waals surface area contributed by atoms with Crippen LogP contribution < -0.4 is 0 Å². The maximum Gasteiger partial charge on any atom is 0.283 e. The standard InChI is InChI=1S/C6H6O2.C3H5BO/c7-5-3-1-2-4-6(5)8;1-2-3-5-4/h1-4,7-8H;2H,1,3H2. The summed E-state index contributed by atoms with van der Waals surface area (Å²) in [4.78, 5) is 0. The van der Waals surface area contributed by atoms with Crippen LogP contribution >= 0.6 is 0 Å². The molecule has 0 saturated heterocycles. The quantitative estimate of drug-likeness (QED) is 0.408. The number of benzene rings is 1. The lowest BCUT2D eigenvalue weighted by molar-refractivity contribution is 0.402. The van der Waals surface area contributed by atoms with Crippen molar-refractivity contribution in [1.29, 1.82) is 0 Å². The van der Waals surface area contributed by atoms with Crippen molar-refractivity contribution in [1.82, 2.24) is 0 Å². The van der Waals surface area contributed by atoms with E-state index in [4.69, 9.17) is 10.2 Å². The van der Waals surface area contributed by atoms with Crippen molar-refractivity contribution in [3.05, 3.63) is 36.9 Å². The first-order valence-corrected chi connectivity index (χ1v) is 3.62. The zero-order valence-corrected chi connectivity index (χ0v) is 7.18. The molecule has 0 aliphatic carbocycles. The van der Waals surface area contributed by atoms with Crippen LogP contribution in [0.4, 0.5) is 0 Å². The highest BCUT2D eigenvalue weighted by Crippen LogP contribution is 2.21. The molecule has 0 heterocycles. The Bertz CT molecular complexity index is 229. The predicted octanol–water partition coefficient (Wildman–Crippen LogP) is 1.37. The van der Waals surface area contributed by atoms with Crippen molar-refractivity contribution in [2.75, 3.05) is 6.61 Å². The van der Waals surface area contributed by atoms with Gasteiger partial charge in [-0.3, -0.25) is 0 Å². The van der Waals surface area contributed by atoms with Crippen LogP contribution in [0.25, 0.3) is 0 Å². The van der Waals surface area contributed by atoms with Crippen molar-refractivity contribution in [2.45, 2.75) is 0 Å². The number of para-hydroxylation sites is 2. The number of phenolic OH excluding ortho intramolecular Hbond substituents is 2. The van der Waals surface area contributed by atoms with E-state index in [2.05, 4.69) is 19.3 Å². The fourth-order valence-electron chi connectivity index (χ4n) is 0.532. The summed E-state index contributed by atoms with van der Waals surface area (Å²) >= 11 is 0. The van der Waals surface area contributed by atoms with E-state index in [0.29, 0.717) is 6.61 Å². The highest BCUT2D eigenvalue weighted by Gasteiger charge is 1.90. The third kappa shape index (κ3) is 5.81. The van der Waals surface area contributed by atoms with Gasteiger partial charge in [-0.05, 0) is 12.1 Å². The summed E-state index contributed by atoms with van der Waals surface area (Å²) in [7, 11) is 4.57. The van der Waals surface area contributed by atoms with E-state index in [9.17, 15) is 0 Å². The first-order chi connectivity index (χ1) is 6.22. The predicted molar refractivity (Wildman–Crippen MR) is 51.7 cm³/mol. The second-order valence-corrected chi connectivity index (χ2v) is 2.11. The van der Waals surface area contributed by atoms with Gasteiger partial charge in [-0.25, -0.2) is 0 Å². The van der Waals surface area contributed by atoms with Crippen LogP contribution in [0.15, 0.2) is 36.9 Å². The Labute approximate surface area is 78.7 Å². The van der Waals surface area contributed by atoms with Gasteiger partial charge in [-0.1, -0.05) is 18.2 Å². The summed E-state index contributed by atoms with van der Waals surface area (Å²) in [5, 5.41) is 17.3. The number of hydrogen-bond acceptors (Lipinski definition) is 3. The Balaban J connectivity index is 0.000000252. The Morgan fingerprint density at radius 3 is 1.92 bits per heavy atom. The Kier molecular flexibility index (Phi) is 6.46. The van der Waals surface area contributed by atoms with Crippen molar-refractivity contribution in [3.63, 3.8) is 0 Å². The molecule has 1 aromatic rings. The minimum Gasteiger partial charge on any atom is -0.504 e. The molecule has 2 radical (unpaired) electrons. The van der Waals surface area contributed by atoms with Crippen LogP contribution in [-0.2, 0) is 4.65 Å². The molecule has 2 N–H and O–H groups in total. The van der Waals surface area contributed by atoms with Crippen LogP contribution in [-0.4, -0.2) is 24.9 Å². The lowest BCUT2D eigenvalue weighted by Crippen LogP contribution is -1.79. The van der Waals surface area contributed by atoms with Crippen LogP contribution in [0, 0.1) is 0 Å².